The fourth-order valence-corrected chi connectivity index (χ4v) is 1.89. The summed E-state index contributed by atoms with van der Waals surface area (Å²) < 4.78 is 5.21. The molecule has 1 fully saturated rings. The van der Waals surface area contributed by atoms with E-state index < -0.39 is 12.1 Å². The summed E-state index contributed by atoms with van der Waals surface area (Å²) in [6.45, 7) is 7.82. The Kier molecular flexibility index (Phi) is 3.94. The molecule has 0 aromatic carbocycles. The van der Waals surface area contributed by atoms with Gasteiger partial charge < -0.3 is 9.64 Å². The van der Waals surface area contributed by atoms with Gasteiger partial charge in [0.1, 0.15) is 6.04 Å². The van der Waals surface area contributed by atoms with Crippen molar-refractivity contribution in [3.63, 3.8) is 0 Å². The number of cyclic esters (lactones) is 1. The van der Waals surface area contributed by atoms with Crippen LogP contribution in [0.25, 0.3) is 0 Å². The van der Waals surface area contributed by atoms with Crippen LogP contribution in [0.3, 0.4) is 0 Å². The monoisotopic (exact) mass is 227 g/mol. The van der Waals surface area contributed by atoms with Gasteiger partial charge in [0.25, 0.3) is 5.91 Å². The predicted octanol–water partition coefficient (Wildman–Crippen LogP) is 1.44. The van der Waals surface area contributed by atoms with Crippen molar-refractivity contribution in [3.05, 3.63) is 0 Å². The van der Waals surface area contributed by atoms with Crippen LogP contribution in [-0.4, -0.2) is 36.0 Å². The van der Waals surface area contributed by atoms with Gasteiger partial charge in [-0.2, -0.15) is 0 Å². The first-order valence-electron chi connectivity index (χ1n) is 5.81. The van der Waals surface area contributed by atoms with Gasteiger partial charge in [-0.1, -0.05) is 27.7 Å². The first-order valence-corrected chi connectivity index (χ1v) is 5.81. The molecule has 1 heterocycles. The highest BCUT2D eigenvalue weighted by molar-refractivity contribution is 5.92. The summed E-state index contributed by atoms with van der Waals surface area (Å²) in [7, 11) is 1.69. The van der Waals surface area contributed by atoms with E-state index in [0.717, 1.165) is 0 Å². The highest BCUT2D eigenvalue weighted by Gasteiger charge is 2.41. The van der Waals surface area contributed by atoms with E-state index in [-0.39, 0.29) is 17.8 Å². The van der Waals surface area contributed by atoms with Crippen LogP contribution < -0.4 is 0 Å². The molecule has 1 amide bonds. The molecule has 0 saturated carbocycles. The van der Waals surface area contributed by atoms with E-state index in [4.69, 9.17) is 4.74 Å². The van der Waals surface area contributed by atoms with Gasteiger partial charge in [0, 0.05) is 7.05 Å². The number of hydrogen-bond acceptors (Lipinski definition) is 3. The minimum absolute atomic E-state index is 0.0268. The topological polar surface area (TPSA) is 46.6 Å². The van der Waals surface area contributed by atoms with Gasteiger partial charge in [-0.25, -0.2) is 4.79 Å². The Morgan fingerprint density at radius 1 is 1.25 bits per heavy atom. The van der Waals surface area contributed by atoms with E-state index in [9.17, 15) is 9.59 Å². The van der Waals surface area contributed by atoms with E-state index in [0.29, 0.717) is 12.3 Å². The number of rotatable bonds is 3. The second kappa shape index (κ2) is 4.85. The standard InChI is InChI=1S/C12H21NO3/c1-7(2)6-9-12(15)16-10(8(3)4)11(14)13(9)5/h7-10H,6H2,1-5H3/t9-,10+/m0/s1. The van der Waals surface area contributed by atoms with Crippen molar-refractivity contribution in [2.45, 2.75) is 46.3 Å². The molecule has 92 valence electrons. The molecule has 16 heavy (non-hydrogen) atoms. The van der Waals surface area contributed by atoms with Crippen LogP contribution in [0, 0.1) is 11.8 Å². The zero-order valence-electron chi connectivity index (χ0n) is 10.7. The van der Waals surface area contributed by atoms with Crippen LogP contribution in [0.15, 0.2) is 0 Å². The maximum atomic E-state index is 12.0. The lowest BCUT2D eigenvalue weighted by Crippen LogP contribution is -2.56. The largest absolute Gasteiger partial charge is 0.450 e. The van der Waals surface area contributed by atoms with E-state index in [1.54, 1.807) is 7.05 Å². The molecule has 0 aromatic heterocycles. The fraction of sp³-hybridized carbons (Fsp3) is 0.833. The lowest BCUT2D eigenvalue weighted by molar-refractivity contribution is -0.180. The highest BCUT2D eigenvalue weighted by atomic mass is 16.6. The SMILES string of the molecule is CC(C)C[C@H]1C(=O)O[C@H](C(C)C)C(=O)N1C. The maximum Gasteiger partial charge on any atom is 0.329 e. The second-order valence-corrected chi connectivity index (χ2v) is 5.20. The lowest BCUT2D eigenvalue weighted by Gasteiger charge is -2.37. The summed E-state index contributed by atoms with van der Waals surface area (Å²) in [6, 6.07) is -0.414. The van der Waals surface area contributed by atoms with Gasteiger partial charge in [0.2, 0.25) is 0 Å². The van der Waals surface area contributed by atoms with Crippen LogP contribution in [0.1, 0.15) is 34.1 Å². The third kappa shape index (κ3) is 2.54. The molecule has 0 spiro atoms. The number of ether oxygens (including phenoxy) is 1. The summed E-state index contributed by atoms with van der Waals surface area (Å²) in [6.07, 6.45) is 0.0484. The van der Waals surface area contributed by atoms with Crippen LogP contribution in [0.5, 0.6) is 0 Å². The Bertz CT molecular complexity index is 286. The molecule has 1 aliphatic heterocycles. The Morgan fingerprint density at radius 2 is 1.81 bits per heavy atom. The van der Waals surface area contributed by atoms with Gasteiger partial charge in [-0.05, 0) is 18.3 Å². The third-order valence-electron chi connectivity index (χ3n) is 2.87. The molecule has 0 aliphatic carbocycles. The molecular formula is C12H21NO3. The predicted molar refractivity (Wildman–Crippen MR) is 60.7 cm³/mol. The second-order valence-electron chi connectivity index (χ2n) is 5.20. The van der Waals surface area contributed by atoms with Crippen molar-refractivity contribution < 1.29 is 14.3 Å². The highest BCUT2D eigenvalue weighted by Crippen LogP contribution is 2.22. The van der Waals surface area contributed by atoms with Crippen LogP contribution >= 0.6 is 0 Å². The molecule has 0 radical (unpaired) electrons. The Balaban J connectivity index is 2.80. The molecule has 0 aromatic rings. The summed E-state index contributed by atoms with van der Waals surface area (Å²) in [5, 5.41) is 0. The lowest BCUT2D eigenvalue weighted by atomic mass is 9.98. The average Bonchev–Trinajstić information content (AvgIpc) is 2.17. The fourth-order valence-electron chi connectivity index (χ4n) is 1.89. The average molecular weight is 227 g/mol. The summed E-state index contributed by atoms with van der Waals surface area (Å²) in [4.78, 5) is 25.3. The Morgan fingerprint density at radius 3 is 2.25 bits per heavy atom. The smallest absolute Gasteiger partial charge is 0.329 e. The number of esters is 1. The van der Waals surface area contributed by atoms with Crippen molar-refractivity contribution in [2.75, 3.05) is 7.05 Å². The first kappa shape index (κ1) is 13.0. The third-order valence-corrected chi connectivity index (χ3v) is 2.87. The molecule has 1 aliphatic rings. The molecule has 1 rings (SSSR count). The zero-order chi connectivity index (χ0) is 12.5. The van der Waals surface area contributed by atoms with E-state index in [1.165, 1.54) is 4.90 Å². The zero-order valence-corrected chi connectivity index (χ0v) is 10.7. The molecule has 1 saturated heterocycles. The van der Waals surface area contributed by atoms with E-state index in [1.807, 2.05) is 27.7 Å². The summed E-state index contributed by atoms with van der Waals surface area (Å²) in [5.41, 5.74) is 0. The van der Waals surface area contributed by atoms with Crippen molar-refractivity contribution >= 4 is 11.9 Å². The molecule has 4 nitrogen and oxygen atoms in total. The number of carbonyl (C=O) groups excluding carboxylic acids is 2. The first-order chi connectivity index (χ1) is 7.34. The number of morpholine rings is 1. The summed E-state index contributed by atoms with van der Waals surface area (Å²) in [5.74, 6) is 0.0389. The molecule has 0 N–H and O–H groups in total. The minimum atomic E-state index is -0.610. The minimum Gasteiger partial charge on any atom is -0.450 e. The number of nitrogens with zero attached hydrogens (tertiary/aromatic N) is 1. The van der Waals surface area contributed by atoms with Crippen molar-refractivity contribution in [1.29, 1.82) is 0 Å². The molecule has 2 atom stereocenters. The van der Waals surface area contributed by atoms with Gasteiger partial charge >= 0.3 is 5.97 Å². The van der Waals surface area contributed by atoms with Crippen LogP contribution in [0.4, 0.5) is 0 Å². The van der Waals surface area contributed by atoms with Crippen molar-refractivity contribution in [3.8, 4) is 0 Å². The van der Waals surface area contributed by atoms with Gasteiger partial charge in [0.15, 0.2) is 6.10 Å². The van der Waals surface area contributed by atoms with E-state index in [2.05, 4.69) is 0 Å². The van der Waals surface area contributed by atoms with Crippen molar-refractivity contribution in [2.24, 2.45) is 11.8 Å². The van der Waals surface area contributed by atoms with E-state index >= 15 is 0 Å². The Hall–Kier alpha value is -1.06. The number of amides is 1. The van der Waals surface area contributed by atoms with Crippen molar-refractivity contribution in [1.82, 2.24) is 4.90 Å². The number of carbonyl (C=O) groups is 2. The normalized spacial score (nSPS) is 26.6. The van der Waals surface area contributed by atoms with Gasteiger partial charge in [-0.15, -0.1) is 0 Å². The molecule has 4 heteroatoms. The number of hydrogen-bond donors (Lipinski definition) is 0. The quantitative estimate of drug-likeness (QED) is 0.685. The molecular weight excluding hydrogens is 206 g/mol. The Labute approximate surface area is 96.9 Å². The van der Waals surface area contributed by atoms with Crippen LogP contribution in [-0.2, 0) is 14.3 Å². The maximum absolute atomic E-state index is 12.0. The van der Waals surface area contributed by atoms with Crippen LogP contribution in [0.2, 0.25) is 0 Å². The molecule has 0 bridgehead atoms. The molecule has 0 unspecified atom stereocenters. The number of likely N-dealkylation sites (N-methyl/N-ethyl adjacent to an activating group) is 1. The summed E-state index contributed by atoms with van der Waals surface area (Å²) >= 11 is 0. The van der Waals surface area contributed by atoms with Gasteiger partial charge in [-0.3, -0.25) is 4.79 Å². The van der Waals surface area contributed by atoms with Gasteiger partial charge in [0.05, 0.1) is 0 Å².